The molecule has 0 atom stereocenters. The molecular weight excluding hydrogens is 312 g/mol. The van der Waals surface area contributed by atoms with Crippen LogP contribution in [0, 0.1) is 5.92 Å². The van der Waals surface area contributed by atoms with Crippen LogP contribution in [0.3, 0.4) is 0 Å². The first kappa shape index (κ1) is 16.1. The minimum absolute atomic E-state index is 0.00920. The van der Waals surface area contributed by atoms with Crippen LogP contribution in [0.25, 0.3) is 0 Å². The van der Waals surface area contributed by atoms with Gasteiger partial charge in [-0.3, -0.25) is 4.79 Å². The van der Waals surface area contributed by atoms with Crippen LogP contribution in [0.1, 0.15) is 41.4 Å². The molecule has 5 heteroatoms. The predicted octanol–water partition coefficient (Wildman–Crippen LogP) is 2.91. The Morgan fingerprint density at radius 1 is 1.04 bits per heavy atom. The van der Waals surface area contributed by atoms with Crippen LogP contribution in [0.15, 0.2) is 36.7 Å². The number of hydrogen-bond acceptors (Lipinski definition) is 4. The van der Waals surface area contributed by atoms with E-state index in [0.29, 0.717) is 11.6 Å². The van der Waals surface area contributed by atoms with Crippen molar-refractivity contribution in [2.24, 2.45) is 5.92 Å². The largest absolute Gasteiger partial charge is 0.351 e. The van der Waals surface area contributed by atoms with Gasteiger partial charge in [-0.05, 0) is 36.3 Å². The summed E-state index contributed by atoms with van der Waals surface area (Å²) in [4.78, 5) is 25.6. The molecular formula is C20H24N4O. The number of nitrogens with zero attached hydrogens (tertiary/aromatic N) is 4. The minimum Gasteiger partial charge on any atom is -0.351 e. The van der Waals surface area contributed by atoms with Crippen molar-refractivity contribution in [2.75, 3.05) is 24.5 Å². The van der Waals surface area contributed by atoms with Crippen molar-refractivity contribution in [1.82, 2.24) is 14.9 Å². The Bertz CT molecular complexity index is 751. The lowest BCUT2D eigenvalue weighted by molar-refractivity contribution is 0.0691. The zero-order chi connectivity index (χ0) is 17.2. The van der Waals surface area contributed by atoms with Crippen LogP contribution in [-0.4, -0.2) is 40.4 Å². The van der Waals surface area contributed by atoms with E-state index in [1.54, 1.807) is 12.4 Å². The Kier molecular flexibility index (Phi) is 4.38. The van der Waals surface area contributed by atoms with Crippen LogP contribution in [0.2, 0.25) is 0 Å². The first-order valence-electron chi connectivity index (χ1n) is 9.14. The number of likely N-dealkylation sites (tertiary alicyclic amines) is 1. The Balaban J connectivity index is 1.45. The summed E-state index contributed by atoms with van der Waals surface area (Å²) in [6.07, 6.45) is 6.54. The highest BCUT2D eigenvalue weighted by Crippen LogP contribution is 2.23. The summed E-state index contributed by atoms with van der Waals surface area (Å²) in [5.41, 5.74) is 3.21. The van der Waals surface area contributed by atoms with E-state index in [4.69, 9.17) is 0 Å². The Hall–Kier alpha value is -2.43. The van der Waals surface area contributed by atoms with Gasteiger partial charge in [0.25, 0.3) is 5.91 Å². The predicted molar refractivity (Wildman–Crippen MR) is 97.5 cm³/mol. The first-order valence-corrected chi connectivity index (χ1v) is 9.14. The third kappa shape index (κ3) is 3.36. The van der Waals surface area contributed by atoms with Gasteiger partial charge in [0.2, 0.25) is 0 Å². The Labute approximate surface area is 148 Å². The number of hydrogen-bond donors (Lipinski definition) is 0. The quantitative estimate of drug-likeness (QED) is 0.846. The normalized spacial score (nSPS) is 18.1. The molecule has 2 aliphatic heterocycles. The van der Waals surface area contributed by atoms with Crippen molar-refractivity contribution in [2.45, 2.75) is 32.7 Å². The van der Waals surface area contributed by atoms with E-state index in [2.05, 4.69) is 46.1 Å². The second-order valence-corrected chi connectivity index (χ2v) is 7.17. The summed E-state index contributed by atoms with van der Waals surface area (Å²) < 4.78 is 0. The number of carbonyl (C=O) groups is 1. The minimum atomic E-state index is 0.00920. The monoisotopic (exact) mass is 336 g/mol. The molecule has 25 heavy (non-hydrogen) atoms. The molecule has 0 radical (unpaired) electrons. The molecule has 5 nitrogen and oxygen atoms in total. The van der Waals surface area contributed by atoms with E-state index in [1.165, 1.54) is 11.1 Å². The smallest absolute Gasteiger partial charge is 0.274 e. The van der Waals surface area contributed by atoms with Crippen LogP contribution in [-0.2, 0) is 13.0 Å². The fourth-order valence-electron chi connectivity index (χ4n) is 3.66. The van der Waals surface area contributed by atoms with Crippen LogP contribution in [0.5, 0.6) is 0 Å². The fraction of sp³-hybridized carbons (Fsp3) is 0.450. The molecule has 0 aliphatic carbocycles. The molecule has 0 bridgehead atoms. The van der Waals surface area contributed by atoms with E-state index in [9.17, 15) is 4.79 Å². The van der Waals surface area contributed by atoms with E-state index in [0.717, 1.165) is 51.3 Å². The number of piperidine rings is 1. The van der Waals surface area contributed by atoms with Gasteiger partial charge in [-0.1, -0.05) is 31.2 Å². The fourth-order valence-corrected chi connectivity index (χ4v) is 3.66. The lowest BCUT2D eigenvalue weighted by Gasteiger charge is -2.30. The number of benzene rings is 1. The standard InChI is InChI=1S/C20H24N4O/c1-15-6-9-23(10-7-15)20(25)18-12-22-19(13-21-18)24-11-8-16-4-2-3-5-17(16)14-24/h2-5,12-13,15H,6-11,14H2,1H3. The lowest BCUT2D eigenvalue weighted by Crippen LogP contribution is -2.38. The SMILES string of the molecule is CC1CCN(C(=O)c2cnc(N3CCc4ccccc4C3)cn2)CC1. The topological polar surface area (TPSA) is 49.3 Å². The summed E-state index contributed by atoms with van der Waals surface area (Å²) in [7, 11) is 0. The number of rotatable bonds is 2. The maximum Gasteiger partial charge on any atom is 0.274 e. The van der Waals surface area contributed by atoms with Gasteiger partial charge in [-0.15, -0.1) is 0 Å². The van der Waals surface area contributed by atoms with Gasteiger partial charge in [0.1, 0.15) is 11.5 Å². The van der Waals surface area contributed by atoms with E-state index in [-0.39, 0.29) is 5.91 Å². The maximum atomic E-state index is 12.6. The second-order valence-electron chi connectivity index (χ2n) is 7.17. The number of anilines is 1. The molecule has 0 unspecified atom stereocenters. The molecule has 130 valence electrons. The number of fused-ring (bicyclic) bond motifs is 1. The highest BCUT2D eigenvalue weighted by atomic mass is 16.2. The molecule has 1 fully saturated rings. The van der Waals surface area contributed by atoms with Gasteiger partial charge in [0, 0.05) is 26.2 Å². The molecule has 1 aromatic carbocycles. The van der Waals surface area contributed by atoms with E-state index < -0.39 is 0 Å². The highest BCUT2D eigenvalue weighted by Gasteiger charge is 2.23. The third-order valence-corrected chi connectivity index (χ3v) is 5.38. The average molecular weight is 336 g/mol. The summed E-state index contributed by atoms with van der Waals surface area (Å²) in [6.45, 7) is 5.68. The molecule has 4 rings (SSSR count). The molecule has 2 aliphatic rings. The van der Waals surface area contributed by atoms with Crippen molar-refractivity contribution in [3.05, 3.63) is 53.5 Å². The lowest BCUT2D eigenvalue weighted by atomic mass is 9.99. The summed E-state index contributed by atoms with van der Waals surface area (Å²) >= 11 is 0. The van der Waals surface area contributed by atoms with Crippen molar-refractivity contribution in [1.29, 1.82) is 0 Å². The van der Waals surface area contributed by atoms with Gasteiger partial charge in [-0.25, -0.2) is 9.97 Å². The van der Waals surface area contributed by atoms with Gasteiger partial charge in [-0.2, -0.15) is 0 Å². The maximum absolute atomic E-state index is 12.6. The molecule has 1 saturated heterocycles. The number of aromatic nitrogens is 2. The van der Waals surface area contributed by atoms with Crippen molar-refractivity contribution >= 4 is 11.7 Å². The van der Waals surface area contributed by atoms with Crippen LogP contribution in [0.4, 0.5) is 5.82 Å². The van der Waals surface area contributed by atoms with Gasteiger partial charge >= 0.3 is 0 Å². The first-order chi connectivity index (χ1) is 12.2. The van der Waals surface area contributed by atoms with Crippen molar-refractivity contribution < 1.29 is 4.79 Å². The Morgan fingerprint density at radius 2 is 1.80 bits per heavy atom. The summed E-state index contributed by atoms with van der Waals surface area (Å²) in [5, 5.41) is 0. The average Bonchev–Trinajstić information content (AvgIpc) is 2.68. The molecule has 1 amide bonds. The van der Waals surface area contributed by atoms with Crippen molar-refractivity contribution in [3.63, 3.8) is 0 Å². The zero-order valence-electron chi connectivity index (χ0n) is 14.7. The molecule has 0 spiro atoms. The van der Waals surface area contributed by atoms with Gasteiger partial charge in [0.05, 0.1) is 12.4 Å². The zero-order valence-corrected chi connectivity index (χ0v) is 14.7. The van der Waals surface area contributed by atoms with Crippen LogP contribution < -0.4 is 4.90 Å². The third-order valence-electron chi connectivity index (χ3n) is 5.38. The van der Waals surface area contributed by atoms with E-state index in [1.807, 2.05) is 4.90 Å². The number of amides is 1. The molecule has 0 N–H and O–H groups in total. The molecule has 3 heterocycles. The van der Waals surface area contributed by atoms with Gasteiger partial charge in [0.15, 0.2) is 0 Å². The van der Waals surface area contributed by atoms with Crippen molar-refractivity contribution in [3.8, 4) is 0 Å². The summed E-state index contributed by atoms with van der Waals surface area (Å²) in [5.74, 6) is 1.56. The molecule has 1 aromatic heterocycles. The van der Waals surface area contributed by atoms with Gasteiger partial charge < -0.3 is 9.80 Å². The van der Waals surface area contributed by atoms with E-state index >= 15 is 0 Å². The molecule has 0 saturated carbocycles. The highest BCUT2D eigenvalue weighted by molar-refractivity contribution is 5.92. The Morgan fingerprint density at radius 3 is 2.52 bits per heavy atom. The number of carbonyl (C=O) groups excluding carboxylic acids is 1. The molecule has 2 aromatic rings. The van der Waals surface area contributed by atoms with Crippen LogP contribution >= 0.6 is 0 Å². The second kappa shape index (κ2) is 6.82. The summed E-state index contributed by atoms with van der Waals surface area (Å²) in [6, 6.07) is 8.54.